The van der Waals surface area contributed by atoms with Gasteiger partial charge < -0.3 is 34.4 Å². The number of nitrogen functional groups attached to an aromatic ring is 1. The van der Waals surface area contributed by atoms with E-state index in [0.717, 1.165) is 0 Å². The molecule has 2 aromatic carbocycles. The number of amidine groups is 1. The van der Waals surface area contributed by atoms with Crippen LogP contribution in [0.5, 0.6) is 34.8 Å². The summed E-state index contributed by atoms with van der Waals surface area (Å²) in [6, 6.07) is 10.5. The maximum absolute atomic E-state index is 16.0. The van der Waals surface area contributed by atoms with Gasteiger partial charge in [0, 0.05) is 43.7 Å². The predicted octanol–water partition coefficient (Wildman–Crippen LogP) is 5.13. The number of nitrogens with one attached hydrogen (secondary N) is 1. The first-order chi connectivity index (χ1) is 22.0. The van der Waals surface area contributed by atoms with Crippen molar-refractivity contribution in [2.45, 2.75) is 38.9 Å². The lowest BCUT2D eigenvalue weighted by atomic mass is 10.1. The number of rotatable bonds is 11. The number of aromatic hydroxyl groups is 1. The fourth-order valence-electron chi connectivity index (χ4n) is 4.88. The summed E-state index contributed by atoms with van der Waals surface area (Å²) < 4.78 is 56.1. The molecule has 0 spiro atoms. The molecule has 0 atom stereocenters. The molecule has 0 amide bonds. The lowest BCUT2D eigenvalue weighted by Gasteiger charge is -2.31. The number of phenolic OH excluding ortho intramolecular Hbond substituents is 1. The van der Waals surface area contributed by atoms with Gasteiger partial charge in [0.15, 0.2) is 11.5 Å². The maximum atomic E-state index is 16.0. The van der Waals surface area contributed by atoms with Crippen LogP contribution in [0.15, 0.2) is 54.9 Å². The Morgan fingerprint density at radius 1 is 1.11 bits per heavy atom. The summed E-state index contributed by atoms with van der Waals surface area (Å²) >= 11 is 0. The van der Waals surface area contributed by atoms with Gasteiger partial charge in [0.25, 0.3) is 11.8 Å². The molecule has 4 aromatic rings. The van der Waals surface area contributed by atoms with Crippen molar-refractivity contribution in [2.24, 2.45) is 12.8 Å². The van der Waals surface area contributed by atoms with Gasteiger partial charge in [-0.3, -0.25) is 15.1 Å². The van der Waals surface area contributed by atoms with Crippen molar-refractivity contribution in [1.29, 1.82) is 5.41 Å². The highest BCUT2D eigenvalue weighted by atomic mass is 19.1. The molecule has 0 aliphatic carbocycles. The van der Waals surface area contributed by atoms with Gasteiger partial charge in [0.2, 0.25) is 17.4 Å². The fraction of sp³-hybridized carbons (Fsp3) is 0.312. The molecule has 0 saturated carbocycles. The third-order valence-electron chi connectivity index (χ3n) is 7.12. The molecule has 0 radical (unpaired) electrons. The number of phenols is 1. The molecular weight excluding hydrogens is 602 g/mol. The minimum absolute atomic E-state index is 0.0962. The Kier molecular flexibility index (Phi) is 9.66. The van der Waals surface area contributed by atoms with Crippen molar-refractivity contribution in [3.8, 4) is 46.1 Å². The average Bonchev–Trinajstić information content (AvgIpc) is 3.45. The monoisotopic (exact) mass is 636 g/mol. The first-order valence-corrected chi connectivity index (χ1v) is 14.6. The first-order valence-electron chi connectivity index (χ1n) is 14.6. The van der Waals surface area contributed by atoms with Gasteiger partial charge in [0.05, 0.1) is 12.6 Å². The number of likely N-dealkylation sites (tertiary alicyclic amines) is 1. The van der Waals surface area contributed by atoms with E-state index in [2.05, 4.69) is 9.97 Å². The van der Waals surface area contributed by atoms with Crippen LogP contribution < -0.4 is 19.9 Å². The van der Waals surface area contributed by atoms with Gasteiger partial charge in [-0.25, -0.2) is 4.98 Å². The summed E-state index contributed by atoms with van der Waals surface area (Å²) in [5.74, 6) is -5.15. The molecule has 5 rings (SSSR count). The number of halogens is 2. The van der Waals surface area contributed by atoms with Gasteiger partial charge in [0.1, 0.15) is 23.5 Å². The number of hydrogen-bond donors (Lipinski definition) is 3. The zero-order valence-electron chi connectivity index (χ0n) is 25.5. The minimum Gasteiger partial charge on any atom is -0.504 e. The quantitative estimate of drug-likeness (QED) is 0.115. The van der Waals surface area contributed by atoms with Crippen molar-refractivity contribution in [3.05, 3.63) is 72.1 Å². The van der Waals surface area contributed by atoms with Crippen LogP contribution in [0.4, 0.5) is 8.78 Å². The second-order valence-corrected chi connectivity index (χ2v) is 11.0. The fourth-order valence-corrected chi connectivity index (χ4v) is 4.88. The van der Waals surface area contributed by atoms with Crippen LogP contribution in [-0.2, 0) is 16.6 Å². The van der Waals surface area contributed by atoms with Gasteiger partial charge in [-0.15, -0.1) is 0 Å². The number of ether oxygens (including phenoxy) is 4. The molecule has 242 valence electrons. The molecule has 1 aliphatic rings. The Morgan fingerprint density at radius 2 is 1.83 bits per heavy atom. The molecular formula is C32H34F2N6O6. The van der Waals surface area contributed by atoms with Gasteiger partial charge in [-0.1, -0.05) is 12.1 Å². The predicted molar refractivity (Wildman–Crippen MR) is 163 cm³/mol. The Labute approximate surface area is 263 Å². The van der Waals surface area contributed by atoms with E-state index in [9.17, 15) is 9.90 Å². The third kappa shape index (κ3) is 7.51. The van der Waals surface area contributed by atoms with E-state index in [1.807, 2.05) is 11.9 Å². The Hall–Kier alpha value is -5.24. The zero-order chi connectivity index (χ0) is 33.0. The number of carbonyl (C=O) groups is 1. The van der Waals surface area contributed by atoms with Crippen LogP contribution in [0.3, 0.4) is 0 Å². The van der Waals surface area contributed by atoms with Crippen molar-refractivity contribution in [3.63, 3.8) is 0 Å². The van der Waals surface area contributed by atoms with E-state index in [1.165, 1.54) is 18.2 Å². The Balaban J connectivity index is 1.44. The highest BCUT2D eigenvalue weighted by Crippen LogP contribution is 2.40. The molecule has 12 nitrogen and oxygen atoms in total. The number of pyridine rings is 1. The number of benzene rings is 2. The van der Waals surface area contributed by atoms with Gasteiger partial charge >= 0.3 is 5.97 Å². The molecule has 1 saturated heterocycles. The largest absolute Gasteiger partial charge is 0.504 e. The Bertz CT molecular complexity index is 1740. The SMILES string of the molecule is CC(C)OC(=O)CN1CCC(Oc2c(F)c(Oc3cccc(-c4nccn4C)c3)nc(Oc3cc(C(=N)N)ccc3O)c2F)CC1. The molecule has 14 heteroatoms. The number of hydrogen-bond acceptors (Lipinski definition) is 10. The number of esters is 1. The molecule has 1 aliphatic heterocycles. The number of aromatic nitrogens is 3. The topological polar surface area (TPSA) is 158 Å². The van der Waals surface area contributed by atoms with Crippen molar-refractivity contribution < 1.29 is 37.6 Å². The average molecular weight is 637 g/mol. The number of nitrogens with zero attached hydrogens (tertiary/aromatic N) is 4. The van der Waals surface area contributed by atoms with Crippen molar-refractivity contribution >= 4 is 11.8 Å². The second-order valence-electron chi connectivity index (χ2n) is 11.0. The molecule has 0 unspecified atom stereocenters. The number of carbonyl (C=O) groups excluding carboxylic acids is 1. The third-order valence-corrected chi connectivity index (χ3v) is 7.12. The van der Waals surface area contributed by atoms with E-state index >= 15 is 8.78 Å². The van der Waals surface area contributed by atoms with E-state index in [1.54, 1.807) is 55.1 Å². The molecule has 1 fully saturated rings. The summed E-state index contributed by atoms with van der Waals surface area (Å²) in [6.07, 6.45) is 3.31. The van der Waals surface area contributed by atoms with Crippen LogP contribution in [0.2, 0.25) is 0 Å². The van der Waals surface area contributed by atoms with E-state index in [4.69, 9.17) is 30.1 Å². The highest BCUT2D eigenvalue weighted by molar-refractivity contribution is 5.95. The first kappa shape index (κ1) is 32.2. The second kappa shape index (κ2) is 13.8. The van der Waals surface area contributed by atoms with E-state index in [0.29, 0.717) is 37.3 Å². The van der Waals surface area contributed by atoms with Crippen LogP contribution >= 0.6 is 0 Å². The highest BCUT2D eigenvalue weighted by Gasteiger charge is 2.30. The van der Waals surface area contributed by atoms with Crippen LogP contribution in [0.1, 0.15) is 32.3 Å². The normalized spacial score (nSPS) is 13.9. The number of nitrogens with two attached hydrogens (primary N) is 1. The number of aryl methyl sites for hydroxylation is 1. The number of imidazole rings is 1. The lowest BCUT2D eigenvalue weighted by Crippen LogP contribution is -2.41. The van der Waals surface area contributed by atoms with Crippen LogP contribution in [-0.4, -0.2) is 68.2 Å². The van der Waals surface area contributed by atoms with Gasteiger partial charge in [-0.2, -0.15) is 13.8 Å². The summed E-state index contributed by atoms with van der Waals surface area (Å²) in [5.41, 5.74) is 6.43. The maximum Gasteiger partial charge on any atom is 0.320 e. The smallest absolute Gasteiger partial charge is 0.320 e. The summed E-state index contributed by atoms with van der Waals surface area (Å²) in [5, 5.41) is 18.0. The molecule has 4 N–H and O–H groups in total. The summed E-state index contributed by atoms with van der Waals surface area (Å²) in [7, 11) is 1.82. The lowest BCUT2D eigenvalue weighted by molar-refractivity contribution is -0.149. The summed E-state index contributed by atoms with van der Waals surface area (Å²) in [4.78, 5) is 22.2. The van der Waals surface area contributed by atoms with E-state index in [-0.39, 0.29) is 41.5 Å². The van der Waals surface area contributed by atoms with Crippen molar-refractivity contribution in [2.75, 3.05) is 19.6 Å². The number of piperidine rings is 1. The van der Waals surface area contributed by atoms with Crippen LogP contribution in [0, 0.1) is 17.0 Å². The minimum atomic E-state index is -1.26. The molecule has 0 bridgehead atoms. The van der Waals surface area contributed by atoms with Gasteiger partial charge in [-0.05, 0) is 57.0 Å². The Morgan fingerprint density at radius 3 is 2.48 bits per heavy atom. The molecule has 46 heavy (non-hydrogen) atoms. The molecule has 3 heterocycles. The van der Waals surface area contributed by atoms with Crippen molar-refractivity contribution in [1.82, 2.24) is 19.4 Å². The summed E-state index contributed by atoms with van der Waals surface area (Å²) in [6.45, 7) is 4.50. The van der Waals surface area contributed by atoms with Crippen LogP contribution in [0.25, 0.3) is 11.4 Å². The zero-order valence-corrected chi connectivity index (χ0v) is 25.5. The molecule has 2 aromatic heterocycles. The standard InChI is InChI=1S/C32H34F2N6O6/c1-18(2)43-25(42)17-40-12-9-21(10-13-40)44-28-26(33)31(45-22-6-4-5-20(15-22)30-37-11-14-39(30)3)38-32(27(28)34)46-24-16-19(29(35)36)7-8-23(24)41/h4-8,11,14-16,18,21,41H,9-10,12-13,17H2,1-3H3,(H3,35,36). The van der Waals surface area contributed by atoms with E-state index < -0.39 is 41.0 Å².